The molecule has 1 heterocycles. The minimum atomic E-state index is -0.908. The molecule has 290 valence electrons. The average Bonchev–Trinajstić information content (AvgIpc) is 3.65. The van der Waals surface area contributed by atoms with E-state index < -0.39 is 36.0 Å². The van der Waals surface area contributed by atoms with Crippen LogP contribution in [0.25, 0.3) is 16.3 Å². The lowest BCUT2D eigenvalue weighted by molar-refractivity contribution is -0.154. The van der Waals surface area contributed by atoms with Crippen molar-refractivity contribution < 1.29 is 52.4 Å². The summed E-state index contributed by atoms with van der Waals surface area (Å²) < 4.78 is 33.3. The van der Waals surface area contributed by atoms with Gasteiger partial charge in [-0.25, -0.2) is 29.0 Å². The lowest BCUT2D eigenvalue weighted by Crippen LogP contribution is -2.30. The summed E-state index contributed by atoms with van der Waals surface area (Å²) in [5.41, 5.74) is 2.91. The van der Waals surface area contributed by atoms with Crippen molar-refractivity contribution in [1.29, 1.82) is 0 Å². The quantitative estimate of drug-likeness (QED) is 0.0353. The van der Waals surface area contributed by atoms with Crippen molar-refractivity contribution >= 4 is 57.5 Å². The number of fused-ring (bicyclic) bond motifs is 1. The van der Waals surface area contributed by atoms with Crippen LogP contribution in [0.1, 0.15) is 36.9 Å². The number of para-hydroxylation sites is 1. The SMILES string of the molecule is C=CC(=O)OCC(COc1ccc(C(=O)OCCc2ccc(OC(=O)c3ccc(OC(=O)C=C)cc3)c(/C=C/Cc3nc4ccccc4s3)c2)cc1)OC(=O)C=C. The number of benzene rings is 4. The minimum Gasteiger partial charge on any atom is -0.490 e. The van der Waals surface area contributed by atoms with Gasteiger partial charge in [0.25, 0.3) is 0 Å². The number of allylic oxidation sites excluding steroid dienone is 1. The van der Waals surface area contributed by atoms with Gasteiger partial charge >= 0.3 is 29.8 Å². The van der Waals surface area contributed by atoms with Crippen molar-refractivity contribution in [3.63, 3.8) is 0 Å². The highest BCUT2D eigenvalue weighted by Gasteiger charge is 2.17. The summed E-state index contributed by atoms with van der Waals surface area (Å²) in [7, 11) is 0. The number of hydrogen-bond acceptors (Lipinski definition) is 13. The topological polar surface area (TPSA) is 154 Å². The van der Waals surface area contributed by atoms with Crippen LogP contribution in [0.3, 0.4) is 0 Å². The molecule has 12 nitrogen and oxygen atoms in total. The molecule has 0 N–H and O–H groups in total. The number of rotatable bonds is 19. The van der Waals surface area contributed by atoms with Crippen LogP contribution in [0.15, 0.2) is 135 Å². The van der Waals surface area contributed by atoms with Crippen LogP contribution in [0, 0.1) is 0 Å². The van der Waals surface area contributed by atoms with Gasteiger partial charge in [0.1, 0.15) is 30.5 Å². The Labute approximate surface area is 332 Å². The van der Waals surface area contributed by atoms with Crippen LogP contribution in [-0.2, 0) is 41.4 Å². The Morgan fingerprint density at radius 3 is 2.09 bits per heavy atom. The number of carbonyl (C=O) groups is 5. The number of thiazole rings is 1. The van der Waals surface area contributed by atoms with Crippen molar-refractivity contribution in [3.05, 3.63) is 162 Å². The maximum atomic E-state index is 13.1. The highest BCUT2D eigenvalue weighted by molar-refractivity contribution is 7.18. The number of carbonyl (C=O) groups excluding carboxylic acids is 5. The van der Waals surface area contributed by atoms with E-state index in [0.29, 0.717) is 29.9 Å². The van der Waals surface area contributed by atoms with E-state index >= 15 is 0 Å². The summed E-state index contributed by atoms with van der Waals surface area (Å²) in [5, 5.41) is 0.927. The van der Waals surface area contributed by atoms with Crippen LogP contribution < -0.4 is 14.2 Å². The smallest absolute Gasteiger partial charge is 0.343 e. The first-order chi connectivity index (χ1) is 27.6. The zero-order valence-corrected chi connectivity index (χ0v) is 31.4. The van der Waals surface area contributed by atoms with E-state index in [9.17, 15) is 24.0 Å². The second-order valence-corrected chi connectivity index (χ2v) is 13.0. The van der Waals surface area contributed by atoms with Crippen molar-refractivity contribution in [2.24, 2.45) is 0 Å². The van der Waals surface area contributed by atoms with Gasteiger partial charge < -0.3 is 28.4 Å². The molecule has 5 rings (SSSR count). The van der Waals surface area contributed by atoms with E-state index in [2.05, 4.69) is 24.7 Å². The molecule has 0 spiro atoms. The predicted molar refractivity (Wildman–Crippen MR) is 213 cm³/mol. The van der Waals surface area contributed by atoms with Gasteiger partial charge in [-0.1, -0.05) is 50.1 Å². The minimum absolute atomic E-state index is 0.0631. The van der Waals surface area contributed by atoms with E-state index in [1.54, 1.807) is 35.6 Å². The molecule has 0 radical (unpaired) electrons. The molecule has 0 aliphatic rings. The standard InChI is InChI=1S/C44H37NO11S/c1-4-40(46)53-28-35(55-42(48)6-3)27-52-33-19-15-30(16-20-33)43(49)51-25-24-29-14-23-37(56-44(50)31-17-21-34(22-18-31)54-41(47)5-2)32(26-29)10-9-13-39-45-36-11-7-8-12-38(36)57-39/h4-12,14-23,26,35H,1-3,13,24-25,27-28H2/b10-9+. The summed E-state index contributed by atoms with van der Waals surface area (Å²) in [5.74, 6) is -2.23. The predicted octanol–water partition coefficient (Wildman–Crippen LogP) is 7.47. The fourth-order valence-electron chi connectivity index (χ4n) is 5.03. The Kier molecular flexibility index (Phi) is 14.8. The molecule has 1 aromatic heterocycles. The first-order valence-electron chi connectivity index (χ1n) is 17.5. The van der Waals surface area contributed by atoms with E-state index in [0.717, 1.165) is 39.0 Å². The van der Waals surface area contributed by atoms with E-state index in [4.69, 9.17) is 28.4 Å². The number of hydrogen-bond donors (Lipinski definition) is 0. The van der Waals surface area contributed by atoms with Crippen LogP contribution in [0.5, 0.6) is 17.2 Å². The first-order valence-corrected chi connectivity index (χ1v) is 18.3. The van der Waals surface area contributed by atoms with Crippen molar-refractivity contribution in [2.45, 2.75) is 18.9 Å². The van der Waals surface area contributed by atoms with E-state index in [1.165, 1.54) is 36.4 Å². The van der Waals surface area contributed by atoms with Crippen molar-refractivity contribution in [3.8, 4) is 17.2 Å². The summed E-state index contributed by atoms with van der Waals surface area (Å²) in [6.07, 6.45) is 6.81. The summed E-state index contributed by atoms with van der Waals surface area (Å²) in [6.45, 7) is 9.73. The Bertz CT molecular complexity index is 2260. The molecule has 0 saturated heterocycles. The third kappa shape index (κ3) is 12.5. The molecular weight excluding hydrogens is 751 g/mol. The second-order valence-electron chi connectivity index (χ2n) is 11.9. The second kappa shape index (κ2) is 20.5. The molecule has 0 amide bonds. The molecule has 0 saturated carbocycles. The fraction of sp³-hybridized carbons (Fsp3) is 0.136. The third-order valence-corrected chi connectivity index (χ3v) is 8.92. The Balaban J connectivity index is 1.21. The van der Waals surface area contributed by atoms with Crippen LogP contribution in [0.4, 0.5) is 0 Å². The zero-order chi connectivity index (χ0) is 40.6. The third-order valence-electron chi connectivity index (χ3n) is 7.86. The zero-order valence-electron chi connectivity index (χ0n) is 30.6. The number of esters is 5. The fourth-order valence-corrected chi connectivity index (χ4v) is 5.97. The van der Waals surface area contributed by atoms with E-state index in [1.807, 2.05) is 42.5 Å². The normalized spacial score (nSPS) is 11.2. The molecule has 13 heteroatoms. The molecule has 57 heavy (non-hydrogen) atoms. The summed E-state index contributed by atoms with van der Waals surface area (Å²) in [6, 6.07) is 25.3. The van der Waals surface area contributed by atoms with Gasteiger partial charge in [0.05, 0.1) is 33.0 Å². The Morgan fingerprint density at radius 2 is 1.39 bits per heavy atom. The monoisotopic (exact) mass is 787 g/mol. The molecule has 0 fully saturated rings. The van der Waals surface area contributed by atoms with Gasteiger partial charge in [-0.3, -0.25) is 0 Å². The van der Waals surface area contributed by atoms with Gasteiger partial charge in [0, 0.05) is 36.6 Å². The number of ether oxygens (including phenoxy) is 6. The Morgan fingerprint density at radius 1 is 0.702 bits per heavy atom. The van der Waals surface area contributed by atoms with Crippen molar-refractivity contribution in [2.75, 3.05) is 19.8 Å². The van der Waals surface area contributed by atoms with Gasteiger partial charge in [-0.2, -0.15) is 0 Å². The molecule has 0 bridgehead atoms. The maximum absolute atomic E-state index is 13.1. The van der Waals surface area contributed by atoms with Gasteiger partial charge in [-0.15, -0.1) is 11.3 Å². The average molecular weight is 788 g/mol. The van der Waals surface area contributed by atoms with Gasteiger partial charge in [0.15, 0.2) is 6.10 Å². The molecule has 5 aromatic rings. The molecule has 0 aliphatic carbocycles. The van der Waals surface area contributed by atoms with Crippen molar-refractivity contribution in [1.82, 2.24) is 4.98 Å². The lowest BCUT2D eigenvalue weighted by atomic mass is 10.1. The first kappa shape index (κ1) is 41.1. The Hall–Kier alpha value is -7.12. The highest BCUT2D eigenvalue weighted by Crippen LogP contribution is 2.26. The molecule has 4 aromatic carbocycles. The number of aromatic nitrogens is 1. The summed E-state index contributed by atoms with van der Waals surface area (Å²) in [4.78, 5) is 65.3. The van der Waals surface area contributed by atoms with E-state index in [-0.39, 0.29) is 36.7 Å². The molecule has 1 unspecified atom stereocenters. The molecular formula is C44H37NO11S. The van der Waals surface area contributed by atoms with Crippen LogP contribution in [0.2, 0.25) is 0 Å². The van der Waals surface area contributed by atoms with Gasteiger partial charge in [-0.05, 0) is 78.4 Å². The molecule has 1 atom stereocenters. The van der Waals surface area contributed by atoms with Crippen LogP contribution >= 0.6 is 11.3 Å². The molecule has 0 aliphatic heterocycles. The van der Waals surface area contributed by atoms with Crippen LogP contribution in [-0.4, -0.2) is 60.8 Å². The number of nitrogens with zero attached hydrogens (tertiary/aromatic N) is 1. The lowest BCUT2D eigenvalue weighted by Gasteiger charge is -2.17. The maximum Gasteiger partial charge on any atom is 0.343 e. The summed E-state index contributed by atoms with van der Waals surface area (Å²) >= 11 is 1.60. The van der Waals surface area contributed by atoms with Gasteiger partial charge in [0.2, 0.25) is 0 Å². The highest BCUT2D eigenvalue weighted by atomic mass is 32.1. The largest absolute Gasteiger partial charge is 0.490 e.